The standard InChI is InChI=1S/C10H16N2O4S/c1-11-4-2-10(3-5-11)12(9(15)16)7(6-17-10)8(13)14/h7H,2-6H2,1H3,(H,13,14)(H,15,16). The van der Waals surface area contributed by atoms with Gasteiger partial charge in [0.15, 0.2) is 0 Å². The van der Waals surface area contributed by atoms with Gasteiger partial charge in [-0.3, -0.25) is 4.90 Å². The van der Waals surface area contributed by atoms with Crippen LogP contribution in [0.1, 0.15) is 12.8 Å². The van der Waals surface area contributed by atoms with Crippen LogP contribution in [0, 0.1) is 0 Å². The highest BCUT2D eigenvalue weighted by molar-refractivity contribution is 8.01. The second-order valence-corrected chi connectivity index (χ2v) is 5.95. The van der Waals surface area contributed by atoms with Crippen LogP contribution in [0.25, 0.3) is 0 Å². The maximum atomic E-state index is 11.3. The van der Waals surface area contributed by atoms with E-state index in [0.29, 0.717) is 18.6 Å². The molecule has 96 valence electrons. The number of piperidine rings is 1. The van der Waals surface area contributed by atoms with Crippen molar-refractivity contribution < 1.29 is 19.8 Å². The first-order chi connectivity index (χ1) is 7.96. The van der Waals surface area contributed by atoms with Crippen molar-refractivity contribution in [2.75, 3.05) is 25.9 Å². The average Bonchev–Trinajstić information content (AvgIpc) is 2.62. The van der Waals surface area contributed by atoms with Gasteiger partial charge in [0.1, 0.15) is 6.04 Å². The Morgan fingerprint density at radius 1 is 1.29 bits per heavy atom. The van der Waals surface area contributed by atoms with Crippen LogP contribution in [0.15, 0.2) is 0 Å². The van der Waals surface area contributed by atoms with Gasteiger partial charge in [-0.15, -0.1) is 11.8 Å². The molecule has 2 fully saturated rings. The number of thioether (sulfide) groups is 1. The van der Waals surface area contributed by atoms with Crippen molar-refractivity contribution >= 4 is 23.8 Å². The average molecular weight is 260 g/mol. The summed E-state index contributed by atoms with van der Waals surface area (Å²) in [5, 5.41) is 18.3. The summed E-state index contributed by atoms with van der Waals surface area (Å²) in [6, 6.07) is -0.902. The molecule has 0 radical (unpaired) electrons. The number of rotatable bonds is 1. The molecule has 0 saturated carbocycles. The van der Waals surface area contributed by atoms with E-state index in [1.54, 1.807) is 0 Å². The first-order valence-corrected chi connectivity index (χ1v) is 6.52. The lowest BCUT2D eigenvalue weighted by atomic mass is 10.0. The molecule has 17 heavy (non-hydrogen) atoms. The fourth-order valence-electron chi connectivity index (χ4n) is 2.50. The molecule has 0 aromatic rings. The molecule has 0 aromatic carbocycles. The third kappa shape index (κ3) is 2.09. The summed E-state index contributed by atoms with van der Waals surface area (Å²) in [6.45, 7) is 1.62. The van der Waals surface area contributed by atoms with Crippen molar-refractivity contribution in [2.24, 2.45) is 0 Å². The van der Waals surface area contributed by atoms with Crippen LogP contribution in [0.5, 0.6) is 0 Å². The monoisotopic (exact) mass is 260 g/mol. The molecule has 2 heterocycles. The van der Waals surface area contributed by atoms with Crippen LogP contribution < -0.4 is 0 Å². The van der Waals surface area contributed by atoms with Crippen LogP contribution in [0.2, 0.25) is 0 Å². The number of carbonyl (C=O) groups is 2. The number of hydrogen-bond acceptors (Lipinski definition) is 4. The van der Waals surface area contributed by atoms with Gasteiger partial charge in [0, 0.05) is 18.8 Å². The minimum atomic E-state index is -1.12. The largest absolute Gasteiger partial charge is 0.480 e. The molecule has 2 aliphatic heterocycles. The molecule has 0 aromatic heterocycles. The minimum Gasteiger partial charge on any atom is -0.480 e. The van der Waals surface area contributed by atoms with E-state index < -0.39 is 23.0 Å². The second-order valence-electron chi connectivity index (χ2n) is 4.57. The molecule has 0 bridgehead atoms. The van der Waals surface area contributed by atoms with Crippen molar-refractivity contribution in [1.29, 1.82) is 0 Å². The van der Waals surface area contributed by atoms with Crippen molar-refractivity contribution in [3.8, 4) is 0 Å². The van der Waals surface area contributed by atoms with E-state index in [-0.39, 0.29) is 0 Å². The molecular formula is C10H16N2O4S. The Balaban J connectivity index is 2.23. The Morgan fingerprint density at radius 3 is 2.35 bits per heavy atom. The summed E-state index contributed by atoms with van der Waals surface area (Å²) < 4.78 is 0. The van der Waals surface area contributed by atoms with Crippen molar-refractivity contribution in [1.82, 2.24) is 9.80 Å². The zero-order valence-electron chi connectivity index (χ0n) is 9.63. The second kappa shape index (κ2) is 4.38. The fraction of sp³-hybridized carbons (Fsp3) is 0.800. The van der Waals surface area contributed by atoms with Gasteiger partial charge >= 0.3 is 12.1 Å². The molecule has 6 nitrogen and oxygen atoms in total. The highest BCUT2D eigenvalue weighted by atomic mass is 32.2. The zero-order chi connectivity index (χ0) is 12.6. The van der Waals surface area contributed by atoms with E-state index in [1.165, 1.54) is 11.8 Å². The lowest BCUT2D eigenvalue weighted by Gasteiger charge is -2.42. The maximum Gasteiger partial charge on any atom is 0.409 e. The van der Waals surface area contributed by atoms with Gasteiger partial charge in [-0.05, 0) is 19.9 Å². The maximum absolute atomic E-state index is 11.3. The third-order valence-corrected chi connectivity index (χ3v) is 5.14. The number of amides is 1. The SMILES string of the molecule is CN1CCC2(CC1)SCC(C(=O)O)N2C(=O)O. The summed E-state index contributed by atoms with van der Waals surface area (Å²) in [5.74, 6) is -0.693. The summed E-state index contributed by atoms with van der Waals surface area (Å²) in [7, 11) is 1.99. The Bertz CT molecular complexity index is 341. The molecule has 7 heteroatoms. The van der Waals surface area contributed by atoms with Crippen molar-refractivity contribution in [3.63, 3.8) is 0 Å². The molecule has 1 amide bonds. The number of hydrogen-bond donors (Lipinski definition) is 2. The van der Waals surface area contributed by atoms with Crippen LogP contribution in [-0.2, 0) is 4.79 Å². The van der Waals surface area contributed by atoms with Gasteiger partial charge in [-0.25, -0.2) is 9.59 Å². The first kappa shape index (κ1) is 12.5. The van der Waals surface area contributed by atoms with Crippen LogP contribution in [0.4, 0.5) is 4.79 Å². The molecule has 2 N–H and O–H groups in total. The molecule has 1 unspecified atom stereocenters. The number of nitrogens with zero attached hydrogens (tertiary/aromatic N) is 2. The molecule has 2 aliphatic rings. The quantitative estimate of drug-likeness (QED) is 0.718. The van der Waals surface area contributed by atoms with Crippen molar-refractivity contribution in [3.05, 3.63) is 0 Å². The van der Waals surface area contributed by atoms with E-state index in [4.69, 9.17) is 5.11 Å². The lowest BCUT2D eigenvalue weighted by Crippen LogP contribution is -2.55. The summed E-state index contributed by atoms with van der Waals surface area (Å²) in [4.78, 5) is 25.2. The van der Waals surface area contributed by atoms with Gasteiger partial charge in [-0.1, -0.05) is 0 Å². The van der Waals surface area contributed by atoms with Crippen LogP contribution in [-0.4, -0.2) is 68.9 Å². The Kier molecular flexibility index (Phi) is 3.22. The first-order valence-electron chi connectivity index (χ1n) is 5.54. The van der Waals surface area contributed by atoms with E-state index in [1.807, 2.05) is 7.05 Å². The normalized spacial score (nSPS) is 28.5. The van der Waals surface area contributed by atoms with E-state index in [9.17, 15) is 14.7 Å². The predicted molar refractivity (Wildman–Crippen MR) is 63.2 cm³/mol. The highest BCUT2D eigenvalue weighted by Crippen LogP contribution is 2.46. The lowest BCUT2D eigenvalue weighted by molar-refractivity contribution is -0.142. The molecule has 1 atom stereocenters. The van der Waals surface area contributed by atoms with E-state index in [2.05, 4.69) is 4.90 Å². The summed E-state index contributed by atoms with van der Waals surface area (Å²) in [6.07, 6.45) is 0.279. The van der Waals surface area contributed by atoms with Crippen LogP contribution in [0.3, 0.4) is 0 Å². The predicted octanol–water partition coefficient (Wildman–Crippen LogP) is 0.588. The molecular weight excluding hydrogens is 244 g/mol. The number of carboxylic acid groups (broad SMARTS) is 2. The fourth-order valence-corrected chi connectivity index (χ4v) is 4.08. The smallest absolute Gasteiger partial charge is 0.409 e. The number of aliphatic carboxylic acids is 1. The topological polar surface area (TPSA) is 81.1 Å². The van der Waals surface area contributed by atoms with Gasteiger partial charge < -0.3 is 15.1 Å². The molecule has 2 saturated heterocycles. The third-order valence-electron chi connectivity index (χ3n) is 3.52. The molecule has 0 aliphatic carbocycles. The number of carboxylic acids is 1. The van der Waals surface area contributed by atoms with Gasteiger partial charge in [-0.2, -0.15) is 0 Å². The van der Waals surface area contributed by atoms with Gasteiger partial charge in [0.05, 0.1) is 4.87 Å². The zero-order valence-corrected chi connectivity index (χ0v) is 10.4. The van der Waals surface area contributed by atoms with E-state index >= 15 is 0 Å². The Hall–Kier alpha value is -0.950. The van der Waals surface area contributed by atoms with Crippen molar-refractivity contribution in [2.45, 2.75) is 23.8 Å². The van der Waals surface area contributed by atoms with Gasteiger partial charge in [0.2, 0.25) is 0 Å². The van der Waals surface area contributed by atoms with Gasteiger partial charge in [0.25, 0.3) is 0 Å². The van der Waals surface area contributed by atoms with Crippen LogP contribution >= 0.6 is 11.8 Å². The van der Waals surface area contributed by atoms with E-state index in [0.717, 1.165) is 18.0 Å². The highest BCUT2D eigenvalue weighted by Gasteiger charge is 2.53. The Morgan fingerprint density at radius 2 is 1.88 bits per heavy atom. The summed E-state index contributed by atoms with van der Waals surface area (Å²) >= 11 is 1.48. The minimum absolute atomic E-state index is 0.353. The number of likely N-dealkylation sites (tertiary alicyclic amines) is 1. The molecule has 2 rings (SSSR count). The summed E-state index contributed by atoms with van der Waals surface area (Å²) in [5.41, 5.74) is 0. The Labute approximate surface area is 104 Å². The molecule has 1 spiro atoms.